The highest BCUT2D eigenvalue weighted by Crippen LogP contribution is 1.99. The molecule has 0 aliphatic heterocycles. The van der Waals surface area contributed by atoms with Gasteiger partial charge in [-0.3, -0.25) is 4.99 Å². The fourth-order valence-corrected chi connectivity index (χ4v) is 0.904. The minimum Gasteiger partial charge on any atom is -0.265 e. The zero-order chi connectivity index (χ0) is 9.36. The van der Waals surface area contributed by atoms with Crippen LogP contribution in [0.5, 0.6) is 0 Å². The molecule has 0 amide bonds. The third kappa shape index (κ3) is 4.06. The maximum atomic E-state index is 4.01. The van der Waals surface area contributed by atoms with Gasteiger partial charge in [-0.05, 0) is 18.6 Å². The van der Waals surface area contributed by atoms with Gasteiger partial charge in [-0.2, -0.15) is 0 Å². The van der Waals surface area contributed by atoms with E-state index in [1.807, 2.05) is 43.4 Å². The summed E-state index contributed by atoms with van der Waals surface area (Å²) in [5.74, 6) is 0. The molecule has 0 saturated carbocycles. The van der Waals surface area contributed by atoms with Gasteiger partial charge in [0.1, 0.15) is 0 Å². The molecule has 0 bridgehead atoms. The first-order chi connectivity index (χ1) is 6.43. The highest BCUT2D eigenvalue weighted by molar-refractivity contribution is 5.78. The van der Waals surface area contributed by atoms with Gasteiger partial charge in [0.2, 0.25) is 0 Å². The van der Waals surface area contributed by atoms with E-state index in [2.05, 4.69) is 17.1 Å². The van der Waals surface area contributed by atoms with E-state index in [0.29, 0.717) is 0 Å². The molecule has 1 heteroatoms. The molecule has 1 aromatic carbocycles. The van der Waals surface area contributed by atoms with Crippen molar-refractivity contribution in [1.82, 2.24) is 0 Å². The molecule has 66 valence electrons. The van der Waals surface area contributed by atoms with Crippen molar-refractivity contribution in [1.29, 1.82) is 0 Å². The Balaban J connectivity index is 2.50. The van der Waals surface area contributed by atoms with Crippen LogP contribution in [0, 0.1) is 0 Å². The van der Waals surface area contributed by atoms with Crippen LogP contribution in [0.2, 0.25) is 0 Å². The number of nitrogens with zero attached hydrogens (tertiary/aromatic N) is 1. The van der Waals surface area contributed by atoms with E-state index < -0.39 is 0 Å². The first-order valence-electron chi connectivity index (χ1n) is 4.29. The first-order valence-corrected chi connectivity index (χ1v) is 4.29. The van der Waals surface area contributed by atoms with Crippen molar-refractivity contribution in [3.63, 3.8) is 0 Å². The average Bonchev–Trinajstić information content (AvgIpc) is 2.19. The molecule has 13 heavy (non-hydrogen) atoms. The molecule has 0 aliphatic rings. The highest BCUT2D eigenvalue weighted by atomic mass is 14.6. The molecule has 0 radical (unpaired) electrons. The fourth-order valence-electron chi connectivity index (χ4n) is 0.904. The minimum absolute atomic E-state index is 1.19. The minimum atomic E-state index is 1.19. The summed E-state index contributed by atoms with van der Waals surface area (Å²) in [6.07, 6.45) is 9.37. The number of benzene rings is 1. The molecular weight excluding hydrogens is 158 g/mol. The third-order valence-electron chi connectivity index (χ3n) is 1.50. The molecule has 0 unspecified atom stereocenters. The Bertz CT molecular complexity index is 307. The summed E-state index contributed by atoms with van der Waals surface area (Å²) in [6.45, 7) is 1.94. The van der Waals surface area contributed by atoms with Crippen LogP contribution in [0.3, 0.4) is 0 Å². The second-order valence-electron chi connectivity index (χ2n) is 2.55. The zero-order valence-corrected chi connectivity index (χ0v) is 7.72. The van der Waals surface area contributed by atoms with Crippen LogP contribution in [0.4, 0.5) is 0 Å². The van der Waals surface area contributed by atoms with Crippen molar-refractivity contribution in [2.24, 2.45) is 4.99 Å². The van der Waals surface area contributed by atoms with Crippen molar-refractivity contribution < 1.29 is 0 Å². The van der Waals surface area contributed by atoms with E-state index >= 15 is 0 Å². The van der Waals surface area contributed by atoms with Crippen LogP contribution in [-0.2, 0) is 0 Å². The molecular formula is C12H13N. The van der Waals surface area contributed by atoms with E-state index in [4.69, 9.17) is 0 Å². The highest BCUT2D eigenvalue weighted by Gasteiger charge is 1.79. The summed E-state index contributed by atoms with van der Waals surface area (Å²) in [5, 5.41) is 0. The van der Waals surface area contributed by atoms with Gasteiger partial charge >= 0.3 is 0 Å². The summed E-state index contributed by atoms with van der Waals surface area (Å²) < 4.78 is 0. The average molecular weight is 171 g/mol. The lowest BCUT2D eigenvalue weighted by Gasteiger charge is -1.87. The number of rotatable bonds is 3. The van der Waals surface area contributed by atoms with Crippen molar-refractivity contribution >= 4 is 12.3 Å². The number of aliphatic imine (C=N–C) groups is 1. The monoisotopic (exact) mass is 171 g/mol. The lowest BCUT2D eigenvalue weighted by Crippen LogP contribution is -1.68. The van der Waals surface area contributed by atoms with Gasteiger partial charge in [0.05, 0.1) is 0 Å². The summed E-state index contributed by atoms with van der Waals surface area (Å²) in [5.41, 5.74) is 1.19. The predicted molar refractivity (Wildman–Crippen MR) is 58.8 cm³/mol. The van der Waals surface area contributed by atoms with E-state index in [1.165, 1.54) is 5.56 Å². The smallest absolute Gasteiger partial charge is 0.0267 e. The topological polar surface area (TPSA) is 12.4 Å². The summed E-state index contributed by atoms with van der Waals surface area (Å²) in [4.78, 5) is 4.01. The van der Waals surface area contributed by atoms with Crippen molar-refractivity contribution in [3.8, 4) is 0 Å². The summed E-state index contributed by atoms with van der Waals surface area (Å²) in [7, 11) is 0. The Morgan fingerprint density at radius 2 is 1.92 bits per heavy atom. The van der Waals surface area contributed by atoms with Gasteiger partial charge in [-0.15, -0.1) is 0 Å². The van der Waals surface area contributed by atoms with Crippen molar-refractivity contribution in [2.75, 3.05) is 0 Å². The third-order valence-corrected chi connectivity index (χ3v) is 1.50. The van der Waals surface area contributed by atoms with Gasteiger partial charge in [0.25, 0.3) is 0 Å². The number of hydrogen-bond acceptors (Lipinski definition) is 1. The molecule has 1 aromatic rings. The van der Waals surface area contributed by atoms with E-state index in [0.717, 1.165) is 0 Å². The normalized spacial score (nSPS) is 12.1. The van der Waals surface area contributed by atoms with Gasteiger partial charge in [0, 0.05) is 12.4 Å². The molecule has 0 atom stereocenters. The summed E-state index contributed by atoms with van der Waals surface area (Å²) >= 11 is 0. The second-order valence-corrected chi connectivity index (χ2v) is 2.55. The van der Waals surface area contributed by atoms with E-state index in [1.54, 1.807) is 12.4 Å². The standard InChI is InChI=1S/C12H13N/c1-2-10-13-11-6-9-12-7-4-3-5-8-12/h2-11H,1H3. The van der Waals surface area contributed by atoms with Crippen LogP contribution < -0.4 is 0 Å². The largest absolute Gasteiger partial charge is 0.265 e. The molecule has 1 nitrogen and oxygen atoms in total. The quantitative estimate of drug-likeness (QED) is 0.619. The Hall–Kier alpha value is -1.63. The summed E-state index contributed by atoms with van der Waals surface area (Å²) in [6, 6.07) is 10.1. The number of allylic oxidation sites excluding steroid dienone is 2. The van der Waals surface area contributed by atoms with Crippen LogP contribution >= 0.6 is 0 Å². The van der Waals surface area contributed by atoms with Crippen LogP contribution in [0.15, 0.2) is 53.7 Å². The molecule has 0 saturated heterocycles. The zero-order valence-electron chi connectivity index (χ0n) is 7.72. The van der Waals surface area contributed by atoms with E-state index in [-0.39, 0.29) is 0 Å². The maximum Gasteiger partial charge on any atom is 0.0267 e. The molecule has 0 fully saturated rings. The molecule has 0 N–H and O–H groups in total. The molecule has 0 heterocycles. The van der Waals surface area contributed by atoms with E-state index in [9.17, 15) is 0 Å². The second kappa shape index (κ2) is 5.95. The lowest BCUT2D eigenvalue weighted by atomic mass is 10.2. The van der Waals surface area contributed by atoms with Crippen LogP contribution in [0.1, 0.15) is 12.5 Å². The Kier molecular flexibility index (Phi) is 4.33. The van der Waals surface area contributed by atoms with Crippen molar-refractivity contribution in [3.05, 3.63) is 54.2 Å². The van der Waals surface area contributed by atoms with Crippen molar-refractivity contribution in [2.45, 2.75) is 6.92 Å². The Morgan fingerprint density at radius 1 is 1.15 bits per heavy atom. The van der Waals surface area contributed by atoms with Crippen LogP contribution in [-0.4, -0.2) is 6.21 Å². The van der Waals surface area contributed by atoms with Gasteiger partial charge in [0.15, 0.2) is 0 Å². The number of hydrogen-bond donors (Lipinski definition) is 0. The maximum absolute atomic E-state index is 4.01. The van der Waals surface area contributed by atoms with Crippen LogP contribution in [0.25, 0.3) is 6.08 Å². The molecule has 0 spiro atoms. The first kappa shape index (κ1) is 9.46. The molecule has 1 rings (SSSR count). The predicted octanol–water partition coefficient (Wildman–Crippen LogP) is 3.30. The molecule has 0 aromatic heterocycles. The Morgan fingerprint density at radius 3 is 2.62 bits per heavy atom. The van der Waals surface area contributed by atoms with Gasteiger partial charge < -0.3 is 0 Å². The Labute approximate surface area is 79.1 Å². The lowest BCUT2D eigenvalue weighted by molar-refractivity contribution is 1.55. The fraction of sp³-hybridized carbons (Fsp3) is 0.0833. The molecule has 0 aliphatic carbocycles. The van der Waals surface area contributed by atoms with Gasteiger partial charge in [-0.1, -0.05) is 42.5 Å². The SMILES string of the molecule is CC=CN=CC=Cc1ccccc1. The van der Waals surface area contributed by atoms with Gasteiger partial charge in [-0.25, -0.2) is 0 Å².